The van der Waals surface area contributed by atoms with Crippen LogP contribution in [0.1, 0.15) is 30.2 Å². The Labute approximate surface area is 124 Å². The highest BCUT2D eigenvalue weighted by molar-refractivity contribution is 5.85. The zero-order valence-electron chi connectivity index (χ0n) is 11.6. The van der Waals surface area contributed by atoms with Crippen molar-refractivity contribution < 1.29 is 4.39 Å². The van der Waals surface area contributed by atoms with Crippen LogP contribution in [0.3, 0.4) is 0 Å². The molecule has 1 aliphatic rings. The van der Waals surface area contributed by atoms with E-state index in [1.165, 1.54) is 6.07 Å². The summed E-state index contributed by atoms with van der Waals surface area (Å²) in [5, 5.41) is 8.28. The van der Waals surface area contributed by atoms with Gasteiger partial charge in [0.15, 0.2) is 0 Å². The molecule has 1 aromatic heterocycles. The summed E-state index contributed by atoms with van der Waals surface area (Å²) < 4.78 is 16.0. The maximum absolute atomic E-state index is 13.8. The van der Waals surface area contributed by atoms with Gasteiger partial charge in [0.05, 0.1) is 6.54 Å². The van der Waals surface area contributed by atoms with Crippen LogP contribution in [0.2, 0.25) is 0 Å². The number of nitrogens with zero attached hydrogens (tertiary/aromatic N) is 4. The third-order valence-electron chi connectivity index (χ3n) is 3.87. The molecule has 20 heavy (non-hydrogen) atoms. The average Bonchev–Trinajstić information content (AvgIpc) is 2.80. The highest BCUT2D eigenvalue weighted by Gasteiger charge is 2.25. The van der Waals surface area contributed by atoms with E-state index in [-0.39, 0.29) is 24.3 Å². The Hall–Kier alpha value is -1.46. The smallest absolute Gasteiger partial charge is 0.147 e. The standard InChI is InChI=1S/C14H17FN4.ClH/c1-10(12-5-3-4-6-13(12)15)18-7-8-19-11(2)16-17-14(19)9-18;/h3-6,10H,7-9H2,1-2H3;1H. The molecule has 0 bridgehead atoms. The van der Waals surface area contributed by atoms with Gasteiger partial charge in [0.25, 0.3) is 0 Å². The number of hydrogen-bond donors (Lipinski definition) is 0. The fourth-order valence-electron chi connectivity index (χ4n) is 2.66. The van der Waals surface area contributed by atoms with Crippen molar-refractivity contribution >= 4 is 12.4 Å². The number of rotatable bonds is 2. The molecule has 1 aromatic carbocycles. The minimum absolute atomic E-state index is 0. The Balaban J connectivity index is 0.00000147. The maximum atomic E-state index is 13.8. The highest BCUT2D eigenvalue weighted by atomic mass is 35.5. The van der Waals surface area contributed by atoms with Crippen molar-refractivity contribution in [1.82, 2.24) is 19.7 Å². The molecule has 2 heterocycles. The second kappa shape index (κ2) is 5.89. The lowest BCUT2D eigenvalue weighted by molar-refractivity contribution is 0.160. The Bertz CT molecular complexity index is 599. The minimum atomic E-state index is -0.141. The van der Waals surface area contributed by atoms with Gasteiger partial charge in [0, 0.05) is 24.7 Å². The van der Waals surface area contributed by atoms with Crippen LogP contribution in [0.25, 0.3) is 0 Å². The van der Waals surface area contributed by atoms with Gasteiger partial charge in [-0.25, -0.2) is 4.39 Å². The van der Waals surface area contributed by atoms with Crippen molar-refractivity contribution in [2.24, 2.45) is 0 Å². The molecule has 3 rings (SSSR count). The molecule has 1 aliphatic heterocycles. The summed E-state index contributed by atoms with van der Waals surface area (Å²) in [6.07, 6.45) is 0. The van der Waals surface area contributed by atoms with Gasteiger partial charge in [-0.05, 0) is 19.9 Å². The van der Waals surface area contributed by atoms with Crippen molar-refractivity contribution in [2.75, 3.05) is 6.54 Å². The molecule has 0 saturated carbocycles. The first kappa shape index (κ1) is 14.9. The second-order valence-electron chi connectivity index (χ2n) is 4.98. The predicted molar refractivity (Wildman–Crippen MR) is 77.2 cm³/mol. The van der Waals surface area contributed by atoms with Crippen LogP contribution >= 0.6 is 12.4 Å². The number of benzene rings is 1. The molecule has 0 amide bonds. The van der Waals surface area contributed by atoms with E-state index in [0.29, 0.717) is 0 Å². The van der Waals surface area contributed by atoms with E-state index in [1.807, 2.05) is 26.0 Å². The SMILES string of the molecule is Cc1nnc2n1CCN(C(C)c1ccccc1F)C2.Cl. The van der Waals surface area contributed by atoms with E-state index in [0.717, 1.165) is 36.8 Å². The molecule has 6 heteroatoms. The van der Waals surface area contributed by atoms with E-state index < -0.39 is 0 Å². The van der Waals surface area contributed by atoms with Crippen LogP contribution < -0.4 is 0 Å². The van der Waals surface area contributed by atoms with E-state index in [9.17, 15) is 4.39 Å². The van der Waals surface area contributed by atoms with Crippen molar-refractivity contribution in [3.63, 3.8) is 0 Å². The van der Waals surface area contributed by atoms with Crippen LogP contribution in [0.15, 0.2) is 24.3 Å². The zero-order valence-corrected chi connectivity index (χ0v) is 12.4. The molecular formula is C14H18ClFN4. The summed E-state index contributed by atoms with van der Waals surface area (Å²) in [6, 6.07) is 7.02. The first-order valence-corrected chi connectivity index (χ1v) is 6.54. The predicted octanol–water partition coefficient (Wildman–Crippen LogP) is 2.72. The van der Waals surface area contributed by atoms with Crippen LogP contribution in [0.4, 0.5) is 4.39 Å². The number of fused-ring (bicyclic) bond motifs is 1. The van der Waals surface area contributed by atoms with Crippen LogP contribution in [0.5, 0.6) is 0 Å². The maximum Gasteiger partial charge on any atom is 0.147 e. The number of hydrogen-bond acceptors (Lipinski definition) is 3. The topological polar surface area (TPSA) is 34.0 Å². The summed E-state index contributed by atoms with van der Waals surface area (Å²) in [5.74, 6) is 1.78. The molecule has 0 fully saturated rings. The Morgan fingerprint density at radius 2 is 1.95 bits per heavy atom. The van der Waals surface area contributed by atoms with Crippen molar-refractivity contribution in [2.45, 2.75) is 33.0 Å². The van der Waals surface area contributed by atoms with Gasteiger partial charge in [-0.1, -0.05) is 18.2 Å². The van der Waals surface area contributed by atoms with Gasteiger partial charge < -0.3 is 4.57 Å². The van der Waals surface area contributed by atoms with E-state index in [1.54, 1.807) is 6.07 Å². The first-order valence-electron chi connectivity index (χ1n) is 6.54. The molecule has 1 atom stereocenters. The summed E-state index contributed by atoms with van der Waals surface area (Å²) in [5.41, 5.74) is 0.743. The van der Waals surface area contributed by atoms with Gasteiger partial charge >= 0.3 is 0 Å². The first-order chi connectivity index (χ1) is 9.16. The Kier molecular flexibility index (Phi) is 4.40. The van der Waals surface area contributed by atoms with Gasteiger partial charge in [-0.2, -0.15) is 0 Å². The van der Waals surface area contributed by atoms with E-state index >= 15 is 0 Å². The fraction of sp³-hybridized carbons (Fsp3) is 0.429. The lowest BCUT2D eigenvalue weighted by Crippen LogP contribution is -2.36. The zero-order chi connectivity index (χ0) is 13.4. The van der Waals surface area contributed by atoms with Gasteiger partial charge in [0.1, 0.15) is 17.5 Å². The summed E-state index contributed by atoms with van der Waals surface area (Å²) in [6.45, 7) is 6.48. The molecule has 0 spiro atoms. The second-order valence-corrected chi connectivity index (χ2v) is 4.98. The third-order valence-corrected chi connectivity index (χ3v) is 3.87. The van der Waals surface area contributed by atoms with Crippen molar-refractivity contribution in [3.05, 3.63) is 47.3 Å². The molecule has 0 N–H and O–H groups in total. The molecule has 0 saturated heterocycles. The molecule has 0 radical (unpaired) electrons. The minimum Gasteiger partial charge on any atom is -0.313 e. The monoisotopic (exact) mass is 296 g/mol. The third kappa shape index (κ3) is 2.55. The summed E-state index contributed by atoms with van der Waals surface area (Å²) in [7, 11) is 0. The van der Waals surface area contributed by atoms with E-state index in [2.05, 4.69) is 19.7 Å². The highest BCUT2D eigenvalue weighted by Crippen LogP contribution is 2.26. The lowest BCUT2D eigenvalue weighted by atomic mass is 10.1. The van der Waals surface area contributed by atoms with E-state index in [4.69, 9.17) is 0 Å². The lowest BCUT2D eigenvalue weighted by Gasteiger charge is -2.33. The molecule has 4 nitrogen and oxygen atoms in total. The summed E-state index contributed by atoms with van der Waals surface area (Å²) in [4.78, 5) is 2.24. The average molecular weight is 297 g/mol. The molecule has 108 valence electrons. The molecule has 0 aliphatic carbocycles. The van der Waals surface area contributed by atoms with Crippen molar-refractivity contribution in [1.29, 1.82) is 0 Å². The van der Waals surface area contributed by atoms with Gasteiger partial charge in [-0.3, -0.25) is 4.90 Å². The van der Waals surface area contributed by atoms with Gasteiger partial charge in [0.2, 0.25) is 0 Å². The number of aryl methyl sites for hydroxylation is 1. The number of halogens is 2. The van der Waals surface area contributed by atoms with Crippen LogP contribution in [-0.4, -0.2) is 26.2 Å². The number of aromatic nitrogens is 3. The van der Waals surface area contributed by atoms with Crippen LogP contribution in [0, 0.1) is 12.7 Å². The fourth-order valence-corrected chi connectivity index (χ4v) is 2.66. The molecular weight excluding hydrogens is 279 g/mol. The Morgan fingerprint density at radius 3 is 2.70 bits per heavy atom. The molecule has 1 unspecified atom stereocenters. The molecule has 2 aromatic rings. The van der Waals surface area contributed by atoms with Crippen LogP contribution in [-0.2, 0) is 13.1 Å². The van der Waals surface area contributed by atoms with Crippen molar-refractivity contribution in [3.8, 4) is 0 Å². The summed E-state index contributed by atoms with van der Waals surface area (Å²) >= 11 is 0. The quantitative estimate of drug-likeness (QED) is 0.854. The largest absolute Gasteiger partial charge is 0.313 e. The normalized spacial score (nSPS) is 16.4. The Morgan fingerprint density at radius 1 is 1.20 bits per heavy atom. The van der Waals surface area contributed by atoms with Gasteiger partial charge in [-0.15, -0.1) is 22.6 Å².